The molecule has 4 rings (SSSR count). The number of cyclic esters (lactones) is 1. The highest BCUT2D eigenvalue weighted by atomic mass is 16.6. The van der Waals surface area contributed by atoms with E-state index in [1.54, 1.807) is 17.1 Å². The van der Waals surface area contributed by atoms with Gasteiger partial charge in [0.1, 0.15) is 24.2 Å². The number of carbonyl (C=O) groups excluding carboxylic acids is 3. The van der Waals surface area contributed by atoms with Crippen molar-refractivity contribution in [3.8, 4) is 0 Å². The van der Waals surface area contributed by atoms with Crippen molar-refractivity contribution in [3.63, 3.8) is 0 Å². The summed E-state index contributed by atoms with van der Waals surface area (Å²) in [7, 11) is 0. The van der Waals surface area contributed by atoms with Crippen molar-refractivity contribution in [2.24, 2.45) is 11.8 Å². The van der Waals surface area contributed by atoms with Crippen molar-refractivity contribution >= 4 is 17.8 Å². The Morgan fingerprint density at radius 2 is 2.00 bits per heavy atom. The molecule has 0 saturated carbocycles. The number of aliphatic hydroxyl groups excluding tert-OH is 1. The van der Waals surface area contributed by atoms with Crippen LogP contribution in [0.3, 0.4) is 0 Å². The van der Waals surface area contributed by atoms with Gasteiger partial charge in [-0.25, -0.2) is 0 Å². The number of ether oxygens (including phenoxy) is 2. The minimum absolute atomic E-state index is 0.000697. The third-order valence-corrected chi connectivity index (χ3v) is 7.20. The summed E-state index contributed by atoms with van der Waals surface area (Å²) in [5, 5.41) is 10.0. The van der Waals surface area contributed by atoms with E-state index in [1.807, 2.05) is 26.0 Å². The minimum atomic E-state index is -1.26. The first kappa shape index (κ1) is 22.0. The van der Waals surface area contributed by atoms with E-state index in [0.717, 1.165) is 12.8 Å². The van der Waals surface area contributed by atoms with E-state index in [1.165, 1.54) is 4.90 Å². The van der Waals surface area contributed by atoms with Crippen molar-refractivity contribution in [2.75, 3.05) is 19.8 Å². The predicted molar refractivity (Wildman–Crippen MR) is 112 cm³/mol. The number of esters is 1. The van der Waals surface area contributed by atoms with Gasteiger partial charge in [-0.3, -0.25) is 14.4 Å². The van der Waals surface area contributed by atoms with Gasteiger partial charge in [-0.05, 0) is 25.8 Å². The fourth-order valence-corrected chi connectivity index (χ4v) is 5.70. The highest BCUT2D eigenvalue weighted by molar-refractivity contribution is 5.99. The van der Waals surface area contributed by atoms with Gasteiger partial charge in [-0.1, -0.05) is 38.5 Å². The topological polar surface area (TPSA) is 96.4 Å². The second kappa shape index (κ2) is 8.39. The second-order valence-corrected chi connectivity index (χ2v) is 8.92. The summed E-state index contributed by atoms with van der Waals surface area (Å²) < 4.78 is 11.7. The van der Waals surface area contributed by atoms with Gasteiger partial charge in [-0.2, -0.15) is 0 Å². The molecule has 0 bridgehead atoms. The molecule has 2 saturated heterocycles. The fraction of sp³-hybridized carbons (Fsp3) is 0.696. The molecule has 0 aromatic carbocycles. The summed E-state index contributed by atoms with van der Waals surface area (Å²) in [5.41, 5.74) is -1.26. The standard InChI is InChI=1S/C23H32N2O6/c1-4-8-14(3)24-11-7-10-23-18(17-16(31-23)9-6-12-30-22(17)29)20(27)25(15(5-2)13-26)19(23)21(24)28/h6-7,9-10,14-19,26H,4-5,8,11-13H2,1-3H3/t14?,15-,16-,17+,18-,19?,23-/m0/s1. The molecular formula is C23H32N2O6. The van der Waals surface area contributed by atoms with E-state index in [0.29, 0.717) is 13.0 Å². The monoisotopic (exact) mass is 432 g/mol. The van der Waals surface area contributed by atoms with Gasteiger partial charge in [0, 0.05) is 12.6 Å². The molecule has 170 valence electrons. The molecule has 2 amide bonds. The lowest BCUT2D eigenvalue weighted by atomic mass is 9.78. The van der Waals surface area contributed by atoms with Gasteiger partial charge in [0.15, 0.2) is 0 Å². The first-order valence-electron chi connectivity index (χ1n) is 11.3. The van der Waals surface area contributed by atoms with Crippen molar-refractivity contribution in [3.05, 3.63) is 24.3 Å². The van der Waals surface area contributed by atoms with Crippen LogP contribution < -0.4 is 0 Å². The van der Waals surface area contributed by atoms with Crippen LogP contribution in [-0.2, 0) is 23.9 Å². The van der Waals surface area contributed by atoms with E-state index in [9.17, 15) is 19.5 Å². The Morgan fingerprint density at radius 3 is 2.68 bits per heavy atom. The SMILES string of the molecule is CCCC(C)N1CC=C[C@]23O[C@H]4C=CCOC(=O)[C@H]4[C@H]2C(=O)N([C@@H](CC)CO)C3C1=O. The Morgan fingerprint density at radius 1 is 1.23 bits per heavy atom. The van der Waals surface area contributed by atoms with Crippen LogP contribution in [-0.4, -0.2) is 82.3 Å². The van der Waals surface area contributed by atoms with Gasteiger partial charge in [-0.15, -0.1) is 0 Å². The lowest BCUT2D eigenvalue weighted by Gasteiger charge is -2.39. The molecule has 0 aromatic heterocycles. The van der Waals surface area contributed by atoms with E-state index in [4.69, 9.17) is 9.47 Å². The van der Waals surface area contributed by atoms with Crippen LogP contribution in [0, 0.1) is 11.8 Å². The summed E-state index contributed by atoms with van der Waals surface area (Å²) in [6.07, 6.45) is 8.82. The molecule has 31 heavy (non-hydrogen) atoms. The third kappa shape index (κ3) is 3.22. The van der Waals surface area contributed by atoms with Crippen LogP contribution in [0.2, 0.25) is 0 Å². The van der Waals surface area contributed by atoms with Crippen molar-refractivity contribution < 1.29 is 29.0 Å². The average Bonchev–Trinajstić information content (AvgIpc) is 3.04. The summed E-state index contributed by atoms with van der Waals surface area (Å²) in [5.74, 6) is -2.67. The summed E-state index contributed by atoms with van der Waals surface area (Å²) >= 11 is 0. The van der Waals surface area contributed by atoms with E-state index < -0.39 is 41.6 Å². The number of likely N-dealkylation sites (tertiary alicyclic amines) is 1. The van der Waals surface area contributed by atoms with Crippen molar-refractivity contribution in [2.45, 2.75) is 69.9 Å². The smallest absolute Gasteiger partial charge is 0.313 e. The Bertz CT molecular complexity index is 806. The van der Waals surface area contributed by atoms with E-state index >= 15 is 0 Å². The molecule has 4 aliphatic heterocycles. The first-order valence-corrected chi connectivity index (χ1v) is 11.3. The number of aliphatic hydroxyl groups is 1. The van der Waals surface area contributed by atoms with Crippen LogP contribution in [0.1, 0.15) is 40.0 Å². The molecule has 0 radical (unpaired) electrons. The van der Waals surface area contributed by atoms with Crippen molar-refractivity contribution in [1.29, 1.82) is 0 Å². The normalized spacial score (nSPS) is 36.5. The predicted octanol–water partition coefficient (Wildman–Crippen LogP) is 1.04. The number of hydrogen-bond acceptors (Lipinski definition) is 6. The molecule has 1 spiro atoms. The molecule has 0 aromatic rings. The molecular weight excluding hydrogens is 400 g/mol. The molecule has 2 fully saturated rings. The molecule has 8 nitrogen and oxygen atoms in total. The van der Waals surface area contributed by atoms with Gasteiger partial charge in [0.05, 0.1) is 24.7 Å². The molecule has 8 heteroatoms. The van der Waals surface area contributed by atoms with Crippen LogP contribution in [0.25, 0.3) is 0 Å². The highest BCUT2D eigenvalue weighted by Gasteiger charge is 2.72. The number of amides is 2. The molecule has 7 atom stereocenters. The van der Waals surface area contributed by atoms with Crippen LogP contribution in [0.5, 0.6) is 0 Å². The summed E-state index contributed by atoms with van der Waals surface area (Å²) in [4.78, 5) is 43.8. The van der Waals surface area contributed by atoms with E-state index in [2.05, 4.69) is 6.92 Å². The quantitative estimate of drug-likeness (QED) is 0.498. The zero-order chi connectivity index (χ0) is 22.3. The van der Waals surface area contributed by atoms with E-state index in [-0.39, 0.29) is 31.1 Å². The summed E-state index contributed by atoms with van der Waals surface area (Å²) in [6.45, 7) is 6.25. The van der Waals surface area contributed by atoms with Crippen LogP contribution in [0.15, 0.2) is 24.3 Å². The van der Waals surface area contributed by atoms with Gasteiger partial charge in [0.25, 0.3) is 0 Å². The van der Waals surface area contributed by atoms with Gasteiger partial charge < -0.3 is 24.4 Å². The van der Waals surface area contributed by atoms with Gasteiger partial charge >= 0.3 is 5.97 Å². The van der Waals surface area contributed by atoms with Gasteiger partial charge in [0.2, 0.25) is 11.8 Å². The van der Waals surface area contributed by atoms with Crippen LogP contribution >= 0.6 is 0 Å². The fourth-order valence-electron chi connectivity index (χ4n) is 5.70. The Hall–Kier alpha value is -2.19. The zero-order valence-corrected chi connectivity index (χ0v) is 18.4. The average molecular weight is 433 g/mol. The molecule has 1 N–H and O–H groups in total. The molecule has 2 unspecified atom stereocenters. The number of nitrogens with zero attached hydrogens (tertiary/aromatic N) is 2. The van der Waals surface area contributed by atoms with Crippen molar-refractivity contribution in [1.82, 2.24) is 9.80 Å². The Balaban J connectivity index is 1.84. The number of carbonyl (C=O) groups is 3. The maximum absolute atomic E-state index is 13.9. The largest absolute Gasteiger partial charge is 0.461 e. The minimum Gasteiger partial charge on any atom is -0.461 e. The molecule has 4 aliphatic rings. The summed E-state index contributed by atoms with van der Waals surface area (Å²) in [6, 6.07) is -1.45. The lowest BCUT2D eigenvalue weighted by molar-refractivity contribution is -0.155. The number of fused-ring (bicyclic) bond motifs is 2. The first-order chi connectivity index (χ1) is 14.9. The number of rotatable bonds is 6. The number of hydrogen-bond donors (Lipinski definition) is 1. The lowest BCUT2D eigenvalue weighted by Crippen LogP contribution is -2.59. The highest BCUT2D eigenvalue weighted by Crippen LogP contribution is 2.54. The maximum atomic E-state index is 13.9. The van der Waals surface area contributed by atoms with Crippen LogP contribution in [0.4, 0.5) is 0 Å². The molecule has 4 heterocycles. The Labute approximate surface area is 182 Å². The third-order valence-electron chi connectivity index (χ3n) is 7.20. The molecule has 0 aliphatic carbocycles. The second-order valence-electron chi connectivity index (χ2n) is 8.92. The zero-order valence-electron chi connectivity index (χ0n) is 18.4. The maximum Gasteiger partial charge on any atom is 0.313 e. The Kier molecular flexibility index (Phi) is 5.96.